The Hall–Kier alpha value is -1.32. The molecular formula is C12H17NO2. The van der Waals surface area contributed by atoms with Gasteiger partial charge in [-0.2, -0.15) is 0 Å². The molecule has 0 aliphatic rings. The van der Waals surface area contributed by atoms with Crippen LogP contribution in [-0.4, -0.2) is 31.0 Å². The predicted octanol–water partition coefficient (Wildman–Crippen LogP) is 1.66. The standard InChI is InChI=1S/C12H17NO2/c1-2-8-15-10-12(14)9-13-11-6-4-3-5-7-11/h2-7,12-14H,1,8-10H2/t12-/m1/s1. The van der Waals surface area contributed by atoms with E-state index in [0.29, 0.717) is 19.8 Å². The lowest BCUT2D eigenvalue weighted by atomic mass is 10.3. The molecule has 1 rings (SSSR count). The monoisotopic (exact) mass is 207 g/mol. The molecule has 0 unspecified atom stereocenters. The van der Waals surface area contributed by atoms with Gasteiger partial charge in [0.05, 0.1) is 19.3 Å². The summed E-state index contributed by atoms with van der Waals surface area (Å²) in [5.74, 6) is 0. The van der Waals surface area contributed by atoms with Crippen LogP contribution in [0, 0.1) is 0 Å². The Morgan fingerprint density at radius 1 is 1.40 bits per heavy atom. The summed E-state index contributed by atoms with van der Waals surface area (Å²) in [7, 11) is 0. The van der Waals surface area contributed by atoms with E-state index in [1.165, 1.54) is 0 Å². The van der Waals surface area contributed by atoms with Crippen LogP contribution in [0.3, 0.4) is 0 Å². The molecule has 0 spiro atoms. The summed E-state index contributed by atoms with van der Waals surface area (Å²) in [6.45, 7) is 4.82. The van der Waals surface area contributed by atoms with Gasteiger partial charge >= 0.3 is 0 Å². The second-order valence-electron chi connectivity index (χ2n) is 3.23. The molecule has 3 nitrogen and oxygen atoms in total. The van der Waals surface area contributed by atoms with E-state index >= 15 is 0 Å². The van der Waals surface area contributed by atoms with Crippen LogP contribution in [0.1, 0.15) is 0 Å². The minimum absolute atomic E-state index is 0.325. The van der Waals surface area contributed by atoms with Gasteiger partial charge in [0.2, 0.25) is 0 Å². The molecule has 0 fully saturated rings. The summed E-state index contributed by atoms with van der Waals surface area (Å²) in [4.78, 5) is 0. The van der Waals surface area contributed by atoms with Gasteiger partial charge in [-0.3, -0.25) is 0 Å². The van der Waals surface area contributed by atoms with Crippen molar-refractivity contribution in [2.45, 2.75) is 6.10 Å². The highest BCUT2D eigenvalue weighted by Gasteiger charge is 2.02. The first kappa shape index (κ1) is 11.8. The molecule has 0 amide bonds. The summed E-state index contributed by atoms with van der Waals surface area (Å²) < 4.78 is 5.12. The van der Waals surface area contributed by atoms with Crippen molar-refractivity contribution < 1.29 is 9.84 Å². The number of ether oxygens (including phenoxy) is 1. The quantitative estimate of drug-likeness (QED) is 0.528. The number of aliphatic hydroxyl groups excluding tert-OH is 1. The van der Waals surface area contributed by atoms with Crippen molar-refractivity contribution in [3.05, 3.63) is 43.0 Å². The van der Waals surface area contributed by atoms with E-state index in [2.05, 4.69) is 11.9 Å². The molecule has 1 aromatic rings. The highest BCUT2D eigenvalue weighted by atomic mass is 16.5. The van der Waals surface area contributed by atoms with Crippen LogP contribution >= 0.6 is 0 Å². The Balaban J connectivity index is 2.16. The molecule has 82 valence electrons. The van der Waals surface area contributed by atoms with Gasteiger partial charge in [0, 0.05) is 12.2 Å². The number of benzene rings is 1. The SMILES string of the molecule is C=CCOC[C@H](O)CNc1ccccc1. The van der Waals surface area contributed by atoms with Crippen molar-refractivity contribution in [2.24, 2.45) is 0 Å². The average molecular weight is 207 g/mol. The van der Waals surface area contributed by atoms with Crippen LogP contribution in [0.15, 0.2) is 43.0 Å². The zero-order chi connectivity index (χ0) is 10.9. The molecule has 0 bridgehead atoms. The average Bonchev–Trinajstić information content (AvgIpc) is 2.28. The van der Waals surface area contributed by atoms with Crippen molar-refractivity contribution in [1.29, 1.82) is 0 Å². The van der Waals surface area contributed by atoms with Crippen LogP contribution in [0.2, 0.25) is 0 Å². The minimum Gasteiger partial charge on any atom is -0.389 e. The Morgan fingerprint density at radius 3 is 2.80 bits per heavy atom. The molecule has 2 N–H and O–H groups in total. The third-order valence-electron chi connectivity index (χ3n) is 1.86. The van der Waals surface area contributed by atoms with Gasteiger partial charge in [-0.25, -0.2) is 0 Å². The zero-order valence-electron chi connectivity index (χ0n) is 8.73. The highest BCUT2D eigenvalue weighted by Crippen LogP contribution is 2.04. The normalized spacial score (nSPS) is 12.1. The van der Waals surface area contributed by atoms with Crippen LogP contribution in [0.25, 0.3) is 0 Å². The molecule has 0 saturated carbocycles. The summed E-state index contributed by atoms with van der Waals surface area (Å²) in [5, 5.41) is 12.6. The lowest BCUT2D eigenvalue weighted by Crippen LogP contribution is -2.24. The van der Waals surface area contributed by atoms with E-state index in [1.807, 2.05) is 30.3 Å². The first-order chi connectivity index (χ1) is 7.33. The Kier molecular flexibility index (Phi) is 5.51. The van der Waals surface area contributed by atoms with E-state index in [9.17, 15) is 5.11 Å². The van der Waals surface area contributed by atoms with Crippen LogP contribution < -0.4 is 5.32 Å². The van der Waals surface area contributed by atoms with Crippen molar-refractivity contribution in [1.82, 2.24) is 0 Å². The van der Waals surface area contributed by atoms with Crippen LogP contribution in [-0.2, 0) is 4.74 Å². The summed E-state index contributed by atoms with van der Waals surface area (Å²) in [5.41, 5.74) is 1.00. The summed E-state index contributed by atoms with van der Waals surface area (Å²) in [6, 6.07) is 9.76. The Morgan fingerprint density at radius 2 is 2.13 bits per heavy atom. The second-order valence-corrected chi connectivity index (χ2v) is 3.23. The topological polar surface area (TPSA) is 41.5 Å². The van der Waals surface area contributed by atoms with Gasteiger partial charge in [-0.15, -0.1) is 6.58 Å². The van der Waals surface area contributed by atoms with E-state index in [-0.39, 0.29) is 0 Å². The van der Waals surface area contributed by atoms with Crippen LogP contribution in [0.4, 0.5) is 5.69 Å². The lowest BCUT2D eigenvalue weighted by molar-refractivity contribution is 0.0566. The third-order valence-corrected chi connectivity index (χ3v) is 1.86. The van der Waals surface area contributed by atoms with Crippen molar-refractivity contribution >= 4 is 5.69 Å². The van der Waals surface area contributed by atoms with Gasteiger partial charge < -0.3 is 15.2 Å². The molecule has 0 aromatic heterocycles. The molecule has 0 aliphatic heterocycles. The number of rotatable bonds is 7. The second kappa shape index (κ2) is 7.04. The van der Waals surface area contributed by atoms with Gasteiger partial charge in [0.25, 0.3) is 0 Å². The van der Waals surface area contributed by atoms with Gasteiger partial charge in [-0.05, 0) is 12.1 Å². The molecule has 0 heterocycles. The number of anilines is 1. The number of hydrogen-bond donors (Lipinski definition) is 2. The fourth-order valence-electron chi connectivity index (χ4n) is 1.14. The van der Waals surface area contributed by atoms with Crippen LogP contribution in [0.5, 0.6) is 0 Å². The third kappa shape index (κ3) is 5.20. The maximum absolute atomic E-state index is 9.52. The molecule has 1 aromatic carbocycles. The van der Waals surface area contributed by atoms with Crippen molar-refractivity contribution in [3.8, 4) is 0 Å². The van der Waals surface area contributed by atoms with Gasteiger partial charge in [-0.1, -0.05) is 24.3 Å². The molecule has 0 radical (unpaired) electrons. The smallest absolute Gasteiger partial charge is 0.0945 e. The Labute approximate surface area is 90.4 Å². The molecule has 1 atom stereocenters. The zero-order valence-corrected chi connectivity index (χ0v) is 8.73. The fraction of sp³-hybridized carbons (Fsp3) is 0.333. The van der Waals surface area contributed by atoms with Crippen molar-refractivity contribution in [3.63, 3.8) is 0 Å². The first-order valence-electron chi connectivity index (χ1n) is 4.98. The molecule has 0 aliphatic carbocycles. The lowest BCUT2D eigenvalue weighted by Gasteiger charge is -2.12. The number of hydrogen-bond acceptors (Lipinski definition) is 3. The number of nitrogens with one attached hydrogen (secondary N) is 1. The van der Waals surface area contributed by atoms with Gasteiger partial charge in [0.1, 0.15) is 0 Å². The molecular weight excluding hydrogens is 190 g/mol. The van der Waals surface area contributed by atoms with E-state index in [4.69, 9.17) is 4.74 Å². The number of aliphatic hydroxyl groups is 1. The van der Waals surface area contributed by atoms with Crippen molar-refractivity contribution in [2.75, 3.05) is 25.1 Å². The number of para-hydroxylation sites is 1. The fourth-order valence-corrected chi connectivity index (χ4v) is 1.14. The largest absolute Gasteiger partial charge is 0.389 e. The highest BCUT2D eigenvalue weighted by molar-refractivity contribution is 5.42. The first-order valence-corrected chi connectivity index (χ1v) is 4.98. The Bertz CT molecular complexity index is 274. The van der Waals surface area contributed by atoms with E-state index in [0.717, 1.165) is 5.69 Å². The van der Waals surface area contributed by atoms with E-state index < -0.39 is 6.10 Å². The van der Waals surface area contributed by atoms with Gasteiger partial charge in [0.15, 0.2) is 0 Å². The summed E-state index contributed by atoms with van der Waals surface area (Å²) in [6.07, 6.45) is 1.17. The molecule has 3 heteroatoms. The molecule has 15 heavy (non-hydrogen) atoms. The summed E-state index contributed by atoms with van der Waals surface area (Å²) >= 11 is 0. The minimum atomic E-state index is -0.495. The maximum atomic E-state index is 9.52. The molecule has 0 saturated heterocycles. The predicted molar refractivity (Wildman–Crippen MR) is 62.0 cm³/mol. The van der Waals surface area contributed by atoms with E-state index in [1.54, 1.807) is 6.08 Å². The maximum Gasteiger partial charge on any atom is 0.0945 e.